The summed E-state index contributed by atoms with van der Waals surface area (Å²) in [4.78, 5) is 39.1. The molecule has 29 heavy (non-hydrogen) atoms. The molecule has 0 amide bonds. The predicted molar refractivity (Wildman–Crippen MR) is 100 cm³/mol. The average Bonchev–Trinajstić information content (AvgIpc) is 3.38. The number of esters is 3. The molecule has 5 atom stereocenters. The van der Waals surface area contributed by atoms with Crippen molar-refractivity contribution in [1.29, 1.82) is 0 Å². The predicted octanol–water partition coefficient (Wildman–Crippen LogP) is 3.13. The lowest BCUT2D eigenvalue weighted by Crippen LogP contribution is -2.58. The maximum Gasteiger partial charge on any atom is 0.334 e. The van der Waals surface area contributed by atoms with Crippen molar-refractivity contribution in [2.24, 2.45) is 22.7 Å². The monoisotopic (exact) mass is 400 g/mol. The Kier molecular flexibility index (Phi) is 4.63. The number of allylic oxidation sites excluding steroid dienone is 3. The smallest absolute Gasteiger partial charge is 0.334 e. The first-order valence-corrected chi connectivity index (χ1v) is 9.70. The SMILES string of the molecule is COC(=O)C1=CC=C[C@H]2C1(C(=O)OC)CCC(C)[C@]21CC(c2ccoc2)OC1=O. The summed E-state index contributed by atoms with van der Waals surface area (Å²) < 4.78 is 21.1. The van der Waals surface area contributed by atoms with Gasteiger partial charge in [0.2, 0.25) is 0 Å². The number of rotatable bonds is 3. The van der Waals surface area contributed by atoms with Gasteiger partial charge < -0.3 is 18.6 Å². The zero-order valence-corrected chi connectivity index (χ0v) is 16.7. The summed E-state index contributed by atoms with van der Waals surface area (Å²) in [5.74, 6) is -2.10. The molecule has 1 saturated carbocycles. The number of furan rings is 1. The number of carbonyl (C=O) groups is 3. The summed E-state index contributed by atoms with van der Waals surface area (Å²) in [5.41, 5.74) is -1.24. The zero-order chi connectivity index (χ0) is 20.8. The number of carbonyl (C=O) groups excluding carboxylic acids is 3. The lowest BCUT2D eigenvalue weighted by atomic mass is 9.47. The van der Waals surface area contributed by atoms with Crippen LogP contribution in [0, 0.1) is 22.7 Å². The topological polar surface area (TPSA) is 92.0 Å². The minimum absolute atomic E-state index is 0.0451. The second-order valence-electron chi connectivity index (χ2n) is 8.03. The van der Waals surface area contributed by atoms with Gasteiger partial charge in [-0.1, -0.05) is 25.2 Å². The molecule has 4 rings (SSSR count). The molecule has 3 aliphatic rings. The first-order chi connectivity index (χ1) is 13.9. The number of hydrogen-bond donors (Lipinski definition) is 0. The fraction of sp³-hybridized carbons (Fsp3) is 0.500. The fourth-order valence-electron chi connectivity index (χ4n) is 5.51. The van der Waals surface area contributed by atoms with Crippen molar-refractivity contribution in [3.8, 4) is 0 Å². The van der Waals surface area contributed by atoms with E-state index in [2.05, 4.69) is 0 Å². The lowest BCUT2D eigenvalue weighted by Gasteiger charge is -2.53. The van der Waals surface area contributed by atoms with Gasteiger partial charge in [0.25, 0.3) is 0 Å². The van der Waals surface area contributed by atoms with Gasteiger partial charge in [0.1, 0.15) is 11.5 Å². The third-order valence-electron chi connectivity index (χ3n) is 7.01. The van der Waals surface area contributed by atoms with Crippen molar-refractivity contribution >= 4 is 17.9 Å². The van der Waals surface area contributed by atoms with Crippen molar-refractivity contribution in [3.63, 3.8) is 0 Å². The molecule has 7 nitrogen and oxygen atoms in total. The van der Waals surface area contributed by atoms with Crippen LogP contribution in [0.2, 0.25) is 0 Å². The van der Waals surface area contributed by atoms with Gasteiger partial charge >= 0.3 is 17.9 Å². The van der Waals surface area contributed by atoms with Gasteiger partial charge in [-0.2, -0.15) is 0 Å². The molecule has 1 spiro atoms. The molecule has 1 aromatic rings. The molecule has 0 aromatic carbocycles. The number of fused-ring (bicyclic) bond motifs is 2. The van der Waals surface area contributed by atoms with Crippen molar-refractivity contribution in [2.75, 3.05) is 14.2 Å². The standard InChI is InChI=1S/C22H24O7/c1-13-7-9-21(19(24)27-3)15(18(23)26-2)5-4-6-17(21)22(13)11-16(29-20(22)25)14-8-10-28-12-14/h4-6,8,10,12-13,16-17H,7,9,11H2,1-3H3/t13?,16?,17-,21?,22+/m0/s1. The molecule has 2 fully saturated rings. The van der Waals surface area contributed by atoms with Gasteiger partial charge in [-0.25, -0.2) is 4.79 Å². The van der Waals surface area contributed by atoms with Crippen LogP contribution in [0.4, 0.5) is 0 Å². The van der Waals surface area contributed by atoms with E-state index in [-0.39, 0.29) is 17.5 Å². The van der Waals surface area contributed by atoms with Crippen molar-refractivity contribution in [1.82, 2.24) is 0 Å². The highest BCUT2D eigenvalue weighted by atomic mass is 16.6. The number of hydrogen-bond acceptors (Lipinski definition) is 7. The van der Waals surface area contributed by atoms with Crippen molar-refractivity contribution in [2.45, 2.75) is 32.3 Å². The van der Waals surface area contributed by atoms with Crippen molar-refractivity contribution in [3.05, 3.63) is 48.0 Å². The summed E-state index contributed by atoms with van der Waals surface area (Å²) in [6.45, 7) is 2.00. The Morgan fingerprint density at radius 3 is 2.69 bits per heavy atom. The third kappa shape index (κ3) is 2.52. The number of methoxy groups -OCH3 is 2. The van der Waals surface area contributed by atoms with Crippen LogP contribution in [-0.4, -0.2) is 32.1 Å². The van der Waals surface area contributed by atoms with Gasteiger partial charge in [-0.15, -0.1) is 0 Å². The highest BCUT2D eigenvalue weighted by Gasteiger charge is 2.69. The van der Waals surface area contributed by atoms with E-state index in [0.29, 0.717) is 19.3 Å². The zero-order valence-electron chi connectivity index (χ0n) is 16.7. The van der Waals surface area contributed by atoms with E-state index in [1.165, 1.54) is 20.5 Å². The molecule has 2 heterocycles. The Labute approximate surface area is 168 Å². The van der Waals surface area contributed by atoms with E-state index in [1.54, 1.807) is 24.5 Å². The van der Waals surface area contributed by atoms with Crippen LogP contribution in [-0.2, 0) is 28.6 Å². The summed E-state index contributed by atoms with van der Waals surface area (Å²) in [6, 6.07) is 1.77. The van der Waals surface area contributed by atoms with Crippen LogP contribution in [0.3, 0.4) is 0 Å². The van der Waals surface area contributed by atoms with E-state index >= 15 is 0 Å². The normalized spacial score (nSPS) is 35.6. The van der Waals surface area contributed by atoms with Crippen molar-refractivity contribution < 1.29 is 33.0 Å². The Balaban J connectivity index is 1.85. The molecule has 154 valence electrons. The second-order valence-corrected chi connectivity index (χ2v) is 8.03. The molecular weight excluding hydrogens is 376 g/mol. The summed E-state index contributed by atoms with van der Waals surface area (Å²) >= 11 is 0. The van der Waals surface area contributed by atoms with E-state index < -0.39 is 34.8 Å². The molecular formula is C22H24O7. The highest BCUT2D eigenvalue weighted by Crippen LogP contribution is 2.65. The molecule has 1 aromatic heterocycles. The Bertz CT molecular complexity index is 896. The maximum absolute atomic E-state index is 13.3. The van der Waals surface area contributed by atoms with E-state index in [1.807, 2.05) is 13.0 Å². The molecule has 7 heteroatoms. The minimum atomic E-state index is -1.28. The van der Waals surface area contributed by atoms with Gasteiger partial charge in [0.15, 0.2) is 0 Å². The molecule has 0 N–H and O–H groups in total. The number of cyclic esters (lactones) is 1. The van der Waals surface area contributed by atoms with E-state index in [4.69, 9.17) is 18.6 Å². The van der Waals surface area contributed by atoms with Gasteiger partial charge in [0.05, 0.1) is 37.7 Å². The first kappa shape index (κ1) is 19.5. The first-order valence-electron chi connectivity index (χ1n) is 9.70. The van der Waals surface area contributed by atoms with E-state index in [9.17, 15) is 14.4 Å². The lowest BCUT2D eigenvalue weighted by molar-refractivity contribution is -0.172. The molecule has 2 aliphatic carbocycles. The maximum atomic E-state index is 13.3. The van der Waals surface area contributed by atoms with Crippen LogP contribution < -0.4 is 0 Å². The van der Waals surface area contributed by atoms with Gasteiger partial charge in [-0.05, 0) is 24.8 Å². The van der Waals surface area contributed by atoms with E-state index in [0.717, 1.165) is 5.56 Å². The van der Waals surface area contributed by atoms with Crippen LogP contribution in [0.5, 0.6) is 0 Å². The quantitative estimate of drug-likeness (QED) is 0.568. The Hall–Kier alpha value is -2.83. The van der Waals surface area contributed by atoms with Gasteiger partial charge in [-0.3, -0.25) is 9.59 Å². The molecule has 0 bridgehead atoms. The molecule has 1 saturated heterocycles. The molecule has 0 radical (unpaired) electrons. The van der Waals surface area contributed by atoms with Crippen LogP contribution in [0.15, 0.2) is 46.8 Å². The summed E-state index contributed by atoms with van der Waals surface area (Å²) in [5, 5.41) is 0. The number of ether oxygens (including phenoxy) is 3. The third-order valence-corrected chi connectivity index (χ3v) is 7.01. The largest absolute Gasteiger partial charge is 0.472 e. The van der Waals surface area contributed by atoms with Crippen LogP contribution in [0.1, 0.15) is 37.9 Å². The molecule has 3 unspecified atom stereocenters. The summed E-state index contributed by atoms with van der Waals surface area (Å²) in [6.07, 6.45) is 9.16. The Morgan fingerprint density at radius 2 is 2.03 bits per heavy atom. The average molecular weight is 400 g/mol. The van der Waals surface area contributed by atoms with Crippen LogP contribution in [0.25, 0.3) is 0 Å². The fourth-order valence-corrected chi connectivity index (χ4v) is 5.51. The van der Waals surface area contributed by atoms with Gasteiger partial charge in [0, 0.05) is 17.9 Å². The Morgan fingerprint density at radius 1 is 1.24 bits per heavy atom. The second kappa shape index (κ2) is 6.90. The minimum Gasteiger partial charge on any atom is -0.472 e. The summed E-state index contributed by atoms with van der Waals surface area (Å²) in [7, 11) is 2.58. The molecule has 1 aliphatic heterocycles. The highest BCUT2D eigenvalue weighted by molar-refractivity contribution is 6.00. The van der Waals surface area contributed by atoms with Crippen LogP contribution >= 0.6 is 0 Å².